The molecular weight excluding hydrogens is 302 g/mol. The SMILES string of the molecule is O=C(NC[C@@H]1CCCO1)C(=O)NN=Cc1ccc2c(c1)OCO2. The van der Waals surface area contributed by atoms with Gasteiger partial charge >= 0.3 is 11.8 Å². The minimum atomic E-state index is -0.819. The zero-order valence-electron chi connectivity index (χ0n) is 12.4. The Morgan fingerprint density at radius 2 is 2.13 bits per heavy atom. The second-order valence-corrected chi connectivity index (χ2v) is 5.16. The molecular formula is C15H17N3O5. The van der Waals surface area contributed by atoms with Gasteiger partial charge in [-0.25, -0.2) is 5.43 Å². The quantitative estimate of drug-likeness (QED) is 0.468. The van der Waals surface area contributed by atoms with E-state index in [4.69, 9.17) is 14.2 Å². The van der Waals surface area contributed by atoms with E-state index in [9.17, 15) is 9.59 Å². The van der Waals surface area contributed by atoms with Gasteiger partial charge in [0.25, 0.3) is 0 Å². The van der Waals surface area contributed by atoms with Crippen LogP contribution in [0.5, 0.6) is 11.5 Å². The minimum absolute atomic E-state index is 0.0103. The zero-order valence-corrected chi connectivity index (χ0v) is 12.4. The Morgan fingerprint density at radius 1 is 1.26 bits per heavy atom. The molecule has 1 atom stereocenters. The molecule has 0 aliphatic carbocycles. The van der Waals surface area contributed by atoms with Crippen molar-refractivity contribution in [2.75, 3.05) is 19.9 Å². The van der Waals surface area contributed by atoms with Gasteiger partial charge in [0, 0.05) is 13.2 Å². The van der Waals surface area contributed by atoms with Crippen LogP contribution in [0.2, 0.25) is 0 Å². The topological polar surface area (TPSA) is 98.2 Å². The van der Waals surface area contributed by atoms with E-state index in [1.807, 2.05) is 0 Å². The predicted molar refractivity (Wildman–Crippen MR) is 80.3 cm³/mol. The second kappa shape index (κ2) is 7.10. The summed E-state index contributed by atoms with van der Waals surface area (Å²) < 4.78 is 15.8. The molecule has 0 aromatic heterocycles. The molecule has 2 aliphatic heterocycles. The van der Waals surface area contributed by atoms with Gasteiger partial charge in [0.05, 0.1) is 12.3 Å². The van der Waals surface area contributed by atoms with Crippen LogP contribution in [0, 0.1) is 0 Å². The van der Waals surface area contributed by atoms with Crippen molar-refractivity contribution in [1.82, 2.24) is 10.7 Å². The third-order valence-corrected chi connectivity index (χ3v) is 3.50. The van der Waals surface area contributed by atoms with Crippen LogP contribution < -0.4 is 20.2 Å². The van der Waals surface area contributed by atoms with Gasteiger partial charge in [-0.1, -0.05) is 0 Å². The van der Waals surface area contributed by atoms with E-state index >= 15 is 0 Å². The lowest BCUT2D eigenvalue weighted by atomic mass is 10.2. The molecule has 122 valence electrons. The number of hydrogen-bond acceptors (Lipinski definition) is 6. The number of carbonyl (C=O) groups excluding carboxylic acids is 2. The number of fused-ring (bicyclic) bond motifs is 1. The van der Waals surface area contributed by atoms with Crippen LogP contribution in [0.15, 0.2) is 23.3 Å². The summed E-state index contributed by atoms with van der Waals surface area (Å²) in [6.45, 7) is 1.22. The highest BCUT2D eigenvalue weighted by Crippen LogP contribution is 2.31. The Kier molecular flexibility index (Phi) is 4.72. The van der Waals surface area contributed by atoms with Crippen molar-refractivity contribution in [2.24, 2.45) is 5.10 Å². The molecule has 23 heavy (non-hydrogen) atoms. The first kappa shape index (κ1) is 15.3. The highest BCUT2D eigenvalue weighted by molar-refractivity contribution is 6.35. The van der Waals surface area contributed by atoms with Crippen LogP contribution in [-0.4, -0.2) is 44.1 Å². The summed E-state index contributed by atoms with van der Waals surface area (Å²) in [7, 11) is 0. The molecule has 0 saturated carbocycles. The van der Waals surface area contributed by atoms with Gasteiger partial charge in [0.2, 0.25) is 6.79 Å². The van der Waals surface area contributed by atoms with E-state index in [-0.39, 0.29) is 12.9 Å². The van der Waals surface area contributed by atoms with Gasteiger partial charge in [-0.05, 0) is 36.6 Å². The number of hydrazone groups is 1. The van der Waals surface area contributed by atoms with Crippen molar-refractivity contribution in [3.8, 4) is 11.5 Å². The molecule has 1 aromatic rings. The summed E-state index contributed by atoms with van der Waals surface area (Å²) in [4.78, 5) is 23.2. The van der Waals surface area contributed by atoms with E-state index in [0.717, 1.165) is 12.8 Å². The fourth-order valence-electron chi connectivity index (χ4n) is 2.30. The number of nitrogens with zero attached hydrogens (tertiary/aromatic N) is 1. The fraction of sp³-hybridized carbons (Fsp3) is 0.400. The number of amides is 2. The molecule has 0 unspecified atom stereocenters. The zero-order chi connectivity index (χ0) is 16.1. The summed E-state index contributed by atoms with van der Waals surface area (Å²) >= 11 is 0. The number of hydrogen-bond donors (Lipinski definition) is 2. The van der Waals surface area contributed by atoms with Crippen molar-refractivity contribution in [1.29, 1.82) is 0 Å². The Bertz CT molecular complexity index is 626. The second-order valence-electron chi connectivity index (χ2n) is 5.16. The molecule has 0 radical (unpaired) electrons. The predicted octanol–water partition coefficient (Wildman–Crippen LogP) is 0.161. The van der Waals surface area contributed by atoms with Crippen LogP contribution in [0.1, 0.15) is 18.4 Å². The third kappa shape index (κ3) is 3.98. The maximum absolute atomic E-state index is 11.6. The van der Waals surface area contributed by atoms with Crippen molar-refractivity contribution in [2.45, 2.75) is 18.9 Å². The summed E-state index contributed by atoms with van der Waals surface area (Å²) in [6.07, 6.45) is 3.29. The molecule has 2 aliphatic rings. The maximum Gasteiger partial charge on any atom is 0.329 e. The maximum atomic E-state index is 11.6. The lowest BCUT2D eigenvalue weighted by molar-refractivity contribution is -0.139. The number of ether oxygens (including phenoxy) is 3. The van der Waals surface area contributed by atoms with Gasteiger partial charge < -0.3 is 19.5 Å². The van der Waals surface area contributed by atoms with E-state index in [0.29, 0.717) is 30.2 Å². The molecule has 2 amide bonds. The number of carbonyl (C=O) groups is 2. The van der Waals surface area contributed by atoms with E-state index in [2.05, 4.69) is 15.8 Å². The van der Waals surface area contributed by atoms with Crippen LogP contribution in [0.25, 0.3) is 0 Å². The molecule has 2 N–H and O–H groups in total. The molecule has 1 aromatic carbocycles. The first-order valence-corrected chi connectivity index (χ1v) is 7.35. The monoisotopic (exact) mass is 319 g/mol. The summed E-state index contributed by atoms with van der Waals surface area (Å²) in [5.74, 6) is -0.266. The smallest absolute Gasteiger partial charge is 0.329 e. The van der Waals surface area contributed by atoms with Gasteiger partial charge in [-0.15, -0.1) is 0 Å². The first-order chi connectivity index (χ1) is 11.2. The van der Waals surface area contributed by atoms with E-state index in [1.54, 1.807) is 18.2 Å². The van der Waals surface area contributed by atoms with Gasteiger partial charge in [-0.3, -0.25) is 9.59 Å². The third-order valence-electron chi connectivity index (χ3n) is 3.50. The molecule has 0 bridgehead atoms. The molecule has 8 heteroatoms. The largest absolute Gasteiger partial charge is 0.454 e. The Labute approximate surface area is 132 Å². The Hall–Kier alpha value is -2.61. The number of nitrogens with one attached hydrogen (secondary N) is 2. The van der Waals surface area contributed by atoms with Crippen molar-refractivity contribution in [3.63, 3.8) is 0 Å². The van der Waals surface area contributed by atoms with Gasteiger partial charge in [-0.2, -0.15) is 5.10 Å². The summed E-state index contributed by atoms with van der Waals surface area (Å²) in [6, 6.07) is 5.25. The lowest BCUT2D eigenvalue weighted by Gasteiger charge is -2.09. The lowest BCUT2D eigenvalue weighted by Crippen LogP contribution is -2.41. The fourth-order valence-corrected chi connectivity index (χ4v) is 2.30. The van der Waals surface area contributed by atoms with E-state index < -0.39 is 11.8 Å². The molecule has 1 saturated heterocycles. The van der Waals surface area contributed by atoms with Crippen LogP contribution >= 0.6 is 0 Å². The Balaban J connectivity index is 1.45. The van der Waals surface area contributed by atoms with Crippen LogP contribution in [0.3, 0.4) is 0 Å². The van der Waals surface area contributed by atoms with E-state index in [1.165, 1.54) is 6.21 Å². The number of benzene rings is 1. The highest BCUT2D eigenvalue weighted by Gasteiger charge is 2.19. The van der Waals surface area contributed by atoms with Crippen LogP contribution in [-0.2, 0) is 14.3 Å². The summed E-state index contributed by atoms with van der Waals surface area (Å²) in [5, 5.41) is 6.28. The number of rotatable bonds is 4. The molecule has 0 spiro atoms. The molecule has 3 rings (SSSR count). The van der Waals surface area contributed by atoms with Crippen molar-refractivity contribution >= 4 is 18.0 Å². The van der Waals surface area contributed by atoms with Crippen molar-refractivity contribution < 1.29 is 23.8 Å². The Morgan fingerprint density at radius 3 is 2.96 bits per heavy atom. The first-order valence-electron chi connectivity index (χ1n) is 7.35. The normalized spacial score (nSPS) is 19.0. The van der Waals surface area contributed by atoms with Crippen molar-refractivity contribution in [3.05, 3.63) is 23.8 Å². The standard InChI is InChI=1S/C15H17N3O5/c19-14(16-8-11-2-1-5-21-11)15(20)18-17-7-10-3-4-12-13(6-10)23-9-22-12/h3-4,6-7,11H,1-2,5,8-9H2,(H,16,19)(H,18,20)/t11-/m0/s1. The molecule has 8 nitrogen and oxygen atoms in total. The van der Waals surface area contributed by atoms with Gasteiger partial charge in [0.15, 0.2) is 11.5 Å². The average Bonchev–Trinajstić information content (AvgIpc) is 3.23. The molecule has 2 heterocycles. The summed E-state index contributed by atoms with van der Waals surface area (Å²) in [5.41, 5.74) is 2.90. The highest BCUT2D eigenvalue weighted by atomic mass is 16.7. The molecule has 1 fully saturated rings. The van der Waals surface area contributed by atoms with Crippen LogP contribution in [0.4, 0.5) is 0 Å². The minimum Gasteiger partial charge on any atom is -0.454 e. The average molecular weight is 319 g/mol. The van der Waals surface area contributed by atoms with Gasteiger partial charge in [0.1, 0.15) is 0 Å².